The molecule has 9 bridgehead atoms. The molecule has 6 heterocycles. The molecule has 2 saturated heterocycles. The number of esters is 1. The number of likely N-dealkylation sites (N-methyl/N-ethyl adjacent to an activating group) is 2. The van der Waals surface area contributed by atoms with Crippen LogP contribution in [0.1, 0.15) is 112 Å². The van der Waals surface area contributed by atoms with Crippen molar-refractivity contribution in [1.29, 1.82) is 0 Å². The molecule has 5 aromatic carbocycles. The minimum Gasteiger partial charge on any atom is -0.508 e. The molecular weight excluding hydrogens is 1590 g/mol. The minimum atomic E-state index is -2.47. The third kappa shape index (κ3) is 21.1. The van der Waals surface area contributed by atoms with Gasteiger partial charge < -0.3 is 131 Å². The van der Waals surface area contributed by atoms with Gasteiger partial charge in [-0.05, 0) is 103 Å². The average molecular weight is 1690 g/mol. The fourth-order valence-corrected chi connectivity index (χ4v) is 14.1. The Morgan fingerprint density at radius 3 is 1.92 bits per heavy atom. The number of phenols is 3. The molecule has 37 nitrogen and oxygen atoms in total. The van der Waals surface area contributed by atoms with Gasteiger partial charge in [-0.3, -0.25) is 39.0 Å². The first-order chi connectivity index (χ1) is 55.8. The van der Waals surface area contributed by atoms with Gasteiger partial charge in [0.1, 0.15) is 109 Å². The highest BCUT2D eigenvalue weighted by atomic mass is 35.5. The fourth-order valence-electron chi connectivity index (χ4n) is 13.7. The molecule has 0 radical (unpaired) electrons. The third-order valence-corrected chi connectivity index (χ3v) is 20.5. The molecule has 11 rings (SSSR count). The van der Waals surface area contributed by atoms with Crippen LogP contribution in [0.2, 0.25) is 10.0 Å². The molecule has 0 aromatic heterocycles. The van der Waals surface area contributed by atoms with Crippen LogP contribution in [-0.2, 0) is 62.0 Å². The van der Waals surface area contributed by atoms with Gasteiger partial charge in [0, 0.05) is 43.3 Å². The largest absolute Gasteiger partial charge is 0.508 e. The van der Waals surface area contributed by atoms with Crippen molar-refractivity contribution in [3.63, 3.8) is 0 Å². The molecule has 6 aliphatic rings. The highest BCUT2D eigenvalue weighted by Gasteiger charge is 2.53. The molecule has 6 aliphatic heterocycles. The maximum atomic E-state index is 15.7. The summed E-state index contributed by atoms with van der Waals surface area (Å²) in [4.78, 5) is 130. The smallest absolute Gasteiger partial charge is 0.410 e. The number of nitrogens with one attached hydrogen (secondary N) is 7. The SMILES string of the molecule is C=CCOC(=O)NC1(C)CC(OC2C(Oc3c4cc5cc3Oc3ccc(cc3Cl)[C@@H](O)[C@@H](NC(=O)[C@@H](CC(C)C)N(C)C(=O)OCC=C)C(=O)N[C@@H](CC(N)=O)C(=O)N[C@@H]5[C@@H](O)NC(C(=O)NC)c3ccc(O)c(c3)-c3c(O)cc(O)cc3[C@@H](C(=O)OCC=C)NC(=O)C(C)[C@H](O)c3ccc(c(Cl)c3)O4)OC(CO)C(O)C2O)OC(C)C1O. The number of hydrogen-bond acceptors (Lipinski definition) is 29. The van der Waals surface area contributed by atoms with E-state index in [0.29, 0.717) is 0 Å². The van der Waals surface area contributed by atoms with Crippen molar-refractivity contribution in [2.75, 3.05) is 40.5 Å². The van der Waals surface area contributed by atoms with Crippen molar-refractivity contribution in [3.05, 3.63) is 155 Å². The second-order valence-corrected chi connectivity index (χ2v) is 29.7. The molecule has 0 spiro atoms. The van der Waals surface area contributed by atoms with Crippen molar-refractivity contribution in [2.24, 2.45) is 17.6 Å². The molecule has 8 amide bonds. The van der Waals surface area contributed by atoms with Crippen molar-refractivity contribution in [3.8, 4) is 57.1 Å². The first kappa shape index (κ1) is 91.0. The zero-order valence-electron chi connectivity index (χ0n) is 64.9. The number of ether oxygens (including phenoxy) is 9. The number of primary amides is 1. The number of aliphatic hydroxyl groups is 7. The molecule has 0 aliphatic carbocycles. The number of carbonyl (C=O) groups excluding carboxylic acids is 9. The quantitative estimate of drug-likeness (QED) is 0.0284. The summed E-state index contributed by atoms with van der Waals surface area (Å²) in [5.74, 6) is -15.4. The predicted molar refractivity (Wildman–Crippen MR) is 416 cm³/mol. The van der Waals surface area contributed by atoms with Crippen LogP contribution in [0.5, 0.6) is 46.0 Å². The number of halogens is 2. The Morgan fingerprint density at radius 2 is 1.33 bits per heavy atom. The number of aliphatic hydroxyl groups excluding tert-OH is 7. The second kappa shape index (κ2) is 39.6. The summed E-state index contributed by atoms with van der Waals surface area (Å²) in [5, 5.41) is 136. The van der Waals surface area contributed by atoms with E-state index in [9.17, 15) is 84.6 Å². The number of alkyl carbamates (subject to hydrolysis) is 1. The zero-order chi connectivity index (χ0) is 86.6. The number of hydrogen-bond donors (Lipinski definition) is 18. The number of nitrogens with zero attached hydrogens (tertiary/aromatic N) is 1. The summed E-state index contributed by atoms with van der Waals surface area (Å²) in [6, 6.07) is 2.04. The van der Waals surface area contributed by atoms with Gasteiger partial charge in [0.25, 0.3) is 0 Å². The summed E-state index contributed by atoms with van der Waals surface area (Å²) in [6.07, 6.45) is -20.7. The number of phenolic OH excluding ortho intramolecular Hbond substituents is 3. The van der Waals surface area contributed by atoms with E-state index >= 15 is 9.59 Å². The van der Waals surface area contributed by atoms with E-state index in [1.165, 1.54) is 71.3 Å². The Bertz CT molecular complexity index is 4600. The highest BCUT2D eigenvalue weighted by molar-refractivity contribution is 6.32. The summed E-state index contributed by atoms with van der Waals surface area (Å²) in [7, 11) is 2.41. The van der Waals surface area contributed by atoms with Crippen LogP contribution in [0.25, 0.3) is 11.1 Å². The number of fused-ring (bicyclic) bond motifs is 16. The Morgan fingerprint density at radius 1 is 0.720 bits per heavy atom. The molecule has 118 heavy (non-hydrogen) atoms. The van der Waals surface area contributed by atoms with Gasteiger partial charge in [0.05, 0.1) is 52.8 Å². The van der Waals surface area contributed by atoms with E-state index in [4.69, 9.17) is 71.6 Å². The lowest BCUT2D eigenvalue weighted by Crippen LogP contribution is -2.66. The van der Waals surface area contributed by atoms with E-state index in [2.05, 4.69) is 57.0 Å². The molecule has 11 unspecified atom stereocenters. The van der Waals surface area contributed by atoms with Gasteiger partial charge in [0.15, 0.2) is 29.9 Å². The number of amides is 8. The normalized spacial score (nSPS) is 26.9. The number of nitrogens with two attached hydrogens (primary N) is 1. The van der Waals surface area contributed by atoms with Crippen molar-refractivity contribution >= 4 is 76.8 Å². The van der Waals surface area contributed by atoms with Crippen LogP contribution >= 0.6 is 23.2 Å². The predicted octanol–water partition coefficient (Wildman–Crippen LogP) is 3.41. The lowest BCUT2D eigenvalue weighted by molar-refractivity contribution is -0.334. The Balaban J connectivity index is 1.33. The highest BCUT2D eigenvalue weighted by Crippen LogP contribution is 2.50. The first-order valence-corrected chi connectivity index (χ1v) is 37.8. The Hall–Kier alpha value is -10.9. The number of benzene rings is 5. The fraction of sp³-hybridized carbons (Fsp3) is 0.430. The van der Waals surface area contributed by atoms with Crippen LogP contribution < -0.4 is 57.2 Å². The number of aromatic hydroxyl groups is 3. The van der Waals surface area contributed by atoms with Crippen LogP contribution in [0, 0.1) is 11.8 Å². The van der Waals surface area contributed by atoms with E-state index in [1.807, 2.05) is 0 Å². The Labute approximate surface area is 685 Å². The van der Waals surface area contributed by atoms with Gasteiger partial charge in [-0.1, -0.05) is 100 Å². The minimum absolute atomic E-state index is 0.0782. The van der Waals surface area contributed by atoms with E-state index in [-0.39, 0.29) is 42.2 Å². The molecule has 19 atom stereocenters. The maximum absolute atomic E-state index is 15.7. The number of carbonyl (C=O) groups is 9. The van der Waals surface area contributed by atoms with Crippen molar-refractivity contribution in [1.82, 2.24) is 42.1 Å². The molecule has 19 N–H and O–H groups in total. The van der Waals surface area contributed by atoms with Gasteiger partial charge in [-0.2, -0.15) is 0 Å². The molecule has 39 heteroatoms. The van der Waals surface area contributed by atoms with Crippen LogP contribution in [0.15, 0.2) is 117 Å². The van der Waals surface area contributed by atoms with Gasteiger partial charge in [-0.15, -0.1) is 0 Å². The standard InChI is InChI=1S/C79H95Cl2N9O28/c1-11-20-110-75(107)60-43-29-41(92)30-49(94)57(43)42-24-37(14-17-48(42)93)58(72(104)83-9)86-73(105)59-40-27-52(114-50-18-15-38(25-44(50)80)62(96)35(6)69(101)87-60)66(118-76-67(65(99)64(98)54(33-91)116-76)117-56-32-79(8,68(100)36(7)113-56)89-77(108)111-21-12-2)53(28-40)115-51-19-16-39(26-45(51)81)63(97)61(74(106)84-46(31-55(82)95)70(102)85-59)88-71(103)47(23-34(4)5)90(10)78(109)112-22-13-3/h11-19,24-30,34-36,46-47,54,56,58-65,67-68,73,76,86,91-94,96-100,105H,1-3,20-23,31-33H2,4-10H3,(H2,82,95)(H,83,104)(H,84,106)(H,85,102)(H,87,101)(H,88,103)(H,89,108)/t35?,36?,46-,47+,54?,56?,58?,59-,60-,61+,62-,63+,64?,65?,67?,68?,73+,76?,79?/m0/s1. The van der Waals surface area contributed by atoms with Crippen molar-refractivity contribution < 1.29 is 137 Å². The van der Waals surface area contributed by atoms with Gasteiger partial charge in [-0.25, -0.2) is 14.4 Å². The molecule has 5 aromatic rings. The van der Waals surface area contributed by atoms with Crippen LogP contribution in [0.4, 0.5) is 9.59 Å². The van der Waals surface area contributed by atoms with E-state index in [1.54, 1.807) is 13.8 Å². The monoisotopic (exact) mass is 1690 g/mol. The lowest BCUT2D eigenvalue weighted by Gasteiger charge is -2.48. The van der Waals surface area contributed by atoms with E-state index < -0.39 is 273 Å². The Kier molecular flexibility index (Phi) is 30.5. The molecule has 638 valence electrons. The maximum Gasteiger partial charge on any atom is 0.410 e. The molecular formula is C79H95Cl2N9O28. The van der Waals surface area contributed by atoms with E-state index in [0.717, 1.165) is 65.6 Å². The lowest BCUT2D eigenvalue weighted by atomic mass is 9.85. The van der Waals surface area contributed by atoms with Crippen molar-refractivity contribution in [2.45, 2.75) is 163 Å². The van der Waals surface area contributed by atoms with Gasteiger partial charge in [0.2, 0.25) is 47.5 Å². The zero-order valence-corrected chi connectivity index (χ0v) is 66.4. The second-order valence-electron chi connectivity index (χ2n) is 28.9. The summed E-state index contributed by atoms with van der Waals surface area (Å²) >= 11 is 14.3. The molecule has 0 saturated carbocycles. The van der Waals surface area contributed by atoms with Crippen LogP contribution in [0.3, 0.4) is 0 Å². The summed E-state index contributed by atoms with van der Waals surface area (Å²) in [5.41, 5.74) is 1.79. The summed E-state index contributed by atoms with van der Waals surface area (Å²) in [6.45, 7) is 16.2. The topological polar surface area (TPSA) is 552 Å². The average Bonchev–Trinajstić information content (AvgIpc) is 0.764. The summed E-state index contributed by atoms with van der Waals surface area (Å²) < 4.78 is 54.9. The number of rotatable bonds is 21. The first-order valence-electron chi connectivity index (χ1n) is 37.0. The van der Waals surface area contributed by atoms with Crippen LogP contribution in [-0.4, -0.2) is 229 Å². The van der Waals surface area contributed by atoms with Gasteiger partial charge >= 0.3 is 18.2 Å². The molecule has 2 fully saturated rings. The third-order valence-electron chi connectivity index (χ3n) is 19.9.